The molecule has 2 aromatic rings. The van der Waals surface area contributed by atoms with Gasteiger partial charge in [0.2, 0.25) is 0 Å². The van der Waals surface area contributed by atoms with Gasteiger partial charge in [-0.15, -0.1) is 0 Å². The molecule has 0 aliphatic carbocycles. The number of anilines is 1. The minimum absolute atomic E-state index is 0.618. The Bertz CT molecular complexity index is 557. The fraction of sp³-hybridized carbons (Fsp3) is 0.143. The van der Waals surface area contributed by atoms with Crippen LogP contribution >= 0.6 is 15.9 Å². The predicted molar refractivity (Wildman–Crippen MR) is 80.0 cm³/mol. The molecule has 0 aliphatic rings. The molecule has 0 aromatic heterocycles. The van der Waals surface area contributed by atoms with E-state index in [4.69, 9.17) is 5.73 Å². The molecule has 2 aromatic carbocycles. The first-order chi connectivity index (χ1) is 8.66. The maximum absolute atomic E-state index is 12.2. The van der Waals surface area contributed by atoms with Crippen LogP contribution in [-0.4, -0.2) is 9.96 Å². The molecule has 1 atom stereocenters. The first-order valence-electron chi connectivity index (χ1n) is 5.64. The van der Waals surface area contributed by atoms with Gasteiger partial charge < -0.3 is 5.73 Å². The van der Waals surface area contributed by atoms with Crippen molar-refractivity contribution in [3.05, 3.63) is 58.6 Å². The van der Waals surface area contributed by atoms with Gasteiger partial charge in [-0.3, -0.25) is 4.21 Å². The fourth-order valence-corrected chi connectivity index (χ4v) is 3.74. The molecule has 2 rings (SSSR count). The summed E-state index contributed by atoms with van der Waals surface area (Å²) >= 11 is 3.40. The van der Waals surface area contributed by atoms with Crippen molar-refractivity contribution in [2.75, 3.05) is 11.5 Å². The molecule has 4 heteroatoms. The molecule has 94 valence electrons. The van der Waals surface area contributed by atoms with Crippen LogP contribution in [-0.2, 0) is 17.2 Å². The van der Waals surface area contributed by atoms with E-state index in [0.29, 0.717) is 11.4 Å². The van der Waals surface area contributed by atoms with Crippen LogP contribution in [0, 0.1) is 0 Å². The zero-order valence-corrected chi connectivity index (χ0v) is 12.2. The van der Waals surface area contributed by atoms with Gasteiger partial charge in [0, 0.05) is 15.9 Å². The van der Waals surface area contributed by atoms with Crippen molar-refractivity contribution in [2.45, 2.75) is 11.3 Å². The first-order valence-corrected chi connectivity index (χ1v) is 7.75. The largest absolute Gasteiger partial charge is 0.399 e. The standard InChI is InChI=1S/C14H14BrNOS/c15-13-10-12(16)6-7-14(13)18(17)9-8-11-4-2-1-3-5-11/h1-7,10H,8-9,16H2. The van der Waals surface area contributed by atoms with Crippen molar-refractivity contribution < 1.29 is 4.21 Å². The van der Waals surface area contributed by atoms with Gasteiger partial charge in [0.15, 0.2) is 0 Å². The Morgan fingerprint density at radius 1 is 1.11 bits per heavy atom. The Morgan fingerprint density at radius 2 is 1.83 bits per heavy atom. The summed E-state index contributed by atoms with van der Waals surface area (Å²) in [5.74, 6) is 0.618. The smallest absolute Gasteiger partial charge is 0.0544 e. The summed E-state index contributed by atoms with van der Waals surface area (Å²) in [6.07, 6.45) is 0.810. The Labute approximate surface area is 118 Å². The third-order valence-electron chi connectivity index (χ3n) is 2.62. The highest BCUT2D eigenvalue weighted by Crippen LogP contribution is 2.23. The Balaban J connectivity index is 2.04. The van der Waals surface area contributed by atoms with Crippen molar-refractivity contribution in [1.82, 2.24) is 0 Å². The molecule has 0 saturated carbocycles. The van der Waals surface area contributed by atoms with Crippen molar-refractivity contribution in [1.29, 1.82) is 0 Å². The third kappa shape index (κ3) is 3.43. The van der Waals surface area contributed by atoms with E-state index in [1.54, 1.807) is 12.1 Å². The van der Waals surface area contributed by atoms with E-state index in [1.165, 1.54) is 5.56 Å². The molecule has 0 bridgehead atoms. The number of hydrogen-bond acceptors (Lipinski definition) is 2. The van der Waals surface area contributed by atoms with Gasteiger partial charge in [-0.2, -0.15) is 0 Å². The Hall–Kier alpha value is -1.13. The van der Waals surface area contributed by atoms with Crippen LogP contribution in [0.5, 0.6) is 0 Å². The highest BCUT2D eigenvalue weighted by atomic mass is 79.9. The van der Waals surface area contributed by atoms with Crippen LogP contribution in [0.4, 0.5) is 5.69 Å². The van der Waals surface area contributed by atoms with E-state index in [0.717, 1.165) is 15.8 Å². The summed E-state index contributed by atoms with van der Waals surface area (Å²) in [7, 11) is -1.01. The van der Waals surface area contributed by atoms with Crippen LogP contribution < -0.4 is 5.73 Å². The summed E-state index contributed by atoms with van der Waals surface area (Å²) in [4.78, 5) is 0.806. The Morgan fingerprint density at radius 3 is 2.50 bits per heavy atom. The number of hydrogen-bond donors (Lipinski definition) is 1. The van der Waals surface area contributed by atoms with Crippen molar-refractivity contribution in [3.8, 4) is 0 Å². The van der Waals surface area contributed by atoms with Crippen LogP contribution in [0.15, 0.2) is 57.9 Å². The molecule has 0 aliphatic heterocycles. The number of nitrogens with two attached hydrogens (primary N) is 1. The summed E-state index contributed by atoms with van der Waals surface area (Å²) in [5, 5.41) is 0. The van der Waals surface area contributed by atoms with Gasteiger partial charge in [0.25, 0.3) is 0 Å². The summed E-state index contributed by atoms with van der Waals surface area (Å²) < 4.78 is 13.0. The van der Waals surface area contributed by atoms with Gasteiger partial charge in [-0.05, 0) is 46.1 Å². The second-order valence-electron chi connectivity index (χ2n) is 3.98. The van der Waals surface area contributed by atoms with Crippen molar-refractivity contribution >= 4 is 32.4 Å². The Kier molecular flexibility index (Phi) is 4.55. The van der Waals surface area contributed by atoms with E-state index < -0.39 is 10.8 Å². The quantitative estimate of drug-likeness (QED) is 0.876. The van der Waals surface area contributed by atoms with Crippen LogP contribution in [0.2, 0.25) is 0 Å². The molecule has 0 heterocycles. The van der Waals surface area contributed by atoms with Gasteiger partial charge in [-0.25, -0.2) is 0 Å². The number of rotatable bonds is 4. The molecule has 1 unspecified atom stereocenters. The topological polar surface area (TPSA) is 43.1 Å². The summed E-state index contributed by atoms with van der Waals surface area (Å²) in [6.45, 7) is 0. The fourth-order valence-electron chi connectivity index (χ4n) is 1.67. The summed E-state index contributed by atoms with van der Waals surface area (Å²) in [5.41, 5.74) is 7.54. The molecule has 0 saturated heterocycles. The minimum atomic E-state index is -1.01. The maximum Gasteiger partial charge on any atom is 0.0544 e. The second kappa shape index (κ2) is 6.16. The number of aryl methyl sites for hydroxylation is 1. The molecule has 0 radical (unpaired) electrons. The SMILES string of the molecule is Nc1ccc(S(=O)CCc2ccccc2)c(Br)c1. The van der Waals surface area contributed by atoms with Gasteiger partial charge in [0.05, 0.1) is 15.7 Å². The lowest BCUT2D eigenvalue weighted by molar-refractivity contribution is 0.682. The van der Waals surface area contributed by atoms with Crippen LogP contribution in [0.3, 0.4) is 0 Å². The lowest BCUT2D eigenvalue weighted by Crippen LogP contribution is -2.02. The minimum Gasteiger partial charge on any atom is -0.399 e. The normalized spacial score (nSPS) is 12.3. The highest BCUT2D eigenvalue weighted by molar-refractivity contribution is 9.10. The zero-order valence-electron chi connectivity index (χ0n) is 9.80. The van der Waals surface area contributed by atoms with E-state index in [-0.39, 0.29) is 0 Å². The molecule has 2 N–H and O–H groups in total. The lowest BCUT2D eigenvalue weighted by Gasteiger charge is -2.06. The maximum atomic E-state index is 12.2. The van der Waals surface area contributed by atoms with Crippen LogP contribution in [0.25, 0.3) is 0 Å². The van der Waals surface area contributed by atoms with Crippen molar-refractivity contribution in [3.63, 3.8) is 0 Å². The summed E-state index contributed by atoms with van der Waals surface area (Å²) in [6, 6.07) is 15.5. The van der Waals surface area contributed by atoms with Gasteiger partial charge in [-0.1, -0.05) is 30.3 Å². The van der Waals surface area contributed by atoms with E-state index >= 15 is 0 Å². The van der Waals surface area contributed by atoms with Gasteiger partial charge >= 0.3 is 0 Å². The van der Waals surface area contributed by atoms with Gasteiger partial charge in [0.1, 0.15) is 0 Å². The number of nitrogen functional groups attached to an aromatic ring is 1. The van der Waals surface area contributed by atoms with Crippen molar-refractivity contribution in [2.24, 2.45) is 0 Å². The van der Waals surface area contributed by atoms with E-state index in [9.17, 15) is 4.21 Å². The molecular formula is C14H14BrNOS. The molecule has 18 heavy (non-hydrogen) atoms. The first kappa shape index (κ1) is 13.3. The van der Waals surface area contributed by atoms with E-state index in [2.05, 4.69) is 28.1 Å². The molecule has 0 spiro atoms. The zero-order chi connectivity index (χ0) is 13.0. The predicted octanol–water partition coefficient (Wildman–Crippen LogP) is 3.38. The molecular weight excluding hydrogens is 310 g/mol. The third-order valence-corrected chi connectivity index (χ3v) is 4.96. The van der Waals surface area contributed by atoms with E-state index in [1.807, 2.05) is 24.3 Å². The average molecular weight is 324 g/mol. The monoisotopic (exact) mass is 323 g/mol. The number of benzene rings is 2. The lowest BCUT2D eigenvalue weighted by atomic mass is 10.2. The average Bonchev–Trinajstić information content (AvgIpc) is 2.37. The molecule has 0 amide bonds. The highest BCUT2D eigenvalue weighted by Gasteiger charge is 2.08. The van der Waals surface area contributed by atoms with Crippen LogP contribution in [0.1, 0.15) is 5.56 Å². The number of halogens is 1. The molecule has 0 fully saturated rings. The molecule has 2 nitrogen and oxygen atoms in total. The second-order valence-corrected chi connectivity index (χ2v) is 6.37.